The summed E-state index contributed by atoms with van der Waals surface area (Å²) in [5.74, 6) is 0. The van der Waals surface area contributed by atoms with Gasteiger partial charge in [0.2, 0.25) is 0 Å². The van der Waals surface area contributed by atoms with Gasteiger partial charge in [0.1, 0.15) is 4.90 Å². The van der Waals surface area contributed by atoms with E-state index in [2.05, 4.69) is 9.44 Å². The minimum Gasteiger partial charge on any atom is -0.264 e. The van der Waals surface area contributed by atoms with Gasteiger partial charge < -0.3 is 0 Å². The summed E-state index contributed by atoms with van der Waals surface area (Å²) in [6.45, 7) is 4.78. The molecule has 0 radical (unpaired) electrons. The number of rotatable bonds is 4. The van der Waals surface area contributed by atoms with Crippen molar-refractivity contribution >= 4 is 26.6 Å². The number of nitrogens with zero attached hydrogens (tertiary/aromatic N) is 1. The molecule has 8 heteroatoms. The van der Waals surface area contributed by atoms with Gasteiger partial charge in [0.05, 0.1) is 0 Å². The van der Waals surface area contributed by atoms with E-state index in [9.17, 15) is 21.6 Å². The van der Waals surface area contributed by atoms with Crippen molar-refractivity contribution in [3.05, 3.63) is 76.9 Å². The lowest BCUT2D eigenvalue weighted by atomic mass is 9.96. The van der Waals surface area contributed by atoms with Crippen LogP contribution in [0.1, 0.15) is 22.3 Å². The fourth-order valence-electron chi connectivity index (χ4n) is 3.24. The van der Waals surface area contributed by atoms with Gasteiger partial charge in [-0.2, -0.15) is 21.6 Å². The zero-order valence-corrected chi connectivity index (χ0v) is 16.7. The van der Waals surface area contributed by atoms with Crippen molar-refractivity contribution in [1.82, 2.24) is 0 Å². The monoisotopic (exact) mass is 421 g/mol. The third kappa shape index (κ3) is 4.42. The van der Waals surface area contributed by atoms with Crippen LogP contribution in [0.4, 0.5) is 13.2 Å². The molecular weight excluding hydrogens is 403 g/mol. The van der Waals surface area contributed by atoms with Crippen LogP contribution in [0.25, 0.3) is 10.8 Å². The van der Waals surface area contributed by atoms with Crippen LogP contribution in [0.5, 0.6) is 0 Å². The molecule has 3 aromatic carbocycles. The molecule has 0 fully saturated rings. The number of fused-ring (bicyclic) bond motifs is 1. The van der Waals surface area contributed by atoms with Gasteiger partial charge in [-0.25, -0.2) is 0 Å². The highest BCUT2D eigenvalue weighted by molar-refractivity contribution is 7.86. The lowest BCUT2D eigenvalue weighted by Crippen LogP contribution is -2.27. The van der Waals surface area contributed by atoms with E-state index in [1.807, 2.05) is 0 Å². The predicted octanol–water partition coefficient (Wildman–Crippen LogP) is 5.44. The van der Waals surface area contributed by atoms with Crippen LogP contribution in [-0.2, 0) is 14.4 Å². The van der Waals surface area contributed by atoms with Crippen molar-refractivity contribution in [2.45, 2.75) is 31.8 Å². The van der Waals surface area contributed by atoms with Crippen LogP contribution in [0.15, 0.2) is 64.6 Å². The van der Waals surface area contributed by atoms with Gasteiger partial charge in [0.25, 0.3) is 0 Å². The summed E-state index contributed by atoms with van der Waals surface area (Å²) < 4.78 is 70.4. The van der Waals surface area contributed by atoms with Crippen molar-refractivity contribution in [3.63, 3.8) is 0 Å². The highest BCUT2D eigenvalue weighted by Crippen LogP contribution is 2.29. The molecule has 0 aromatic heterocycles. The number of oxime groups is 1. The van der Waals surface area contributed by atoms with E-state index in [1.165, 1.54) is 26.0 Å². The van der Waals surface area contributed by atoms with Crippen LogP contribution in [0, 0.1) is 20.8 Å². The fraction of sp³-hybridized carbons (Fsp3) is 0.190. The number of hydrogen-bond donors (Lipinski definition) is 0. The molecule has 0 aliphatic carbocycles. The molecule has 29 heavy (non-hydrogen) atoms. The molecule has 0 saturated heterocycles. The standard InChI is InChI=1S/C21H18F3NO3S/c1-13-10-14(2)19(15(3)11-13)20(21(22,23)24)25-28-29(26,27)18-9-8-16-6-4-5-7-17(16)12-18/h4-12H,1-3H3/b25-20-. The summed E-state index contributed by atoms with van der Waals surface area (Å²) in [6, 6.07) is 14.3. The Morgan fingerprint density at radius 2 is 1.48 bits per heavy atom. The SMILES string of the molecule is Cc1cc(C)c(/C(=N/OS(=O)(=O)c2ccc3ccccc3c2)C(F)(F)F)c(C)c1. The lowest BCUT2D eigenvalue weighted by Gasteiger charge is -2.16. The maximum Gasteiger partial charge on any atom is 0.437 e. The second kappa shape index (κ2) is 7.51. The van der Waals surface area contributed by atoms with Crippen LogP contribution in [0.3, 0.4) is 0 Å². The van der Waals surface area contributed by atoms with Gasteiger partial charge in [0, 0.05) is 5.56 Å². The molecule has 3 rings (SSSR count). The first-order valence-electron chi connectivity index (χ1n) is 8.65. The van der Waals surface area contributed by atoms with Crippen LogP contribution in [0.2, 0.25) is 0 Å². The Morgan fingerprint density at radius 3 is 2.07 bits per heavy atom. The van der Waals surface area contributed by atoms with Gasteiger partial charge >= 0.3 is 16.3 Å². The molecule has 0 heterocycles. The van der Waals surface area contributed by atoms with Crippen molar-refractivity contribution < 1.29 is 25.9 Å². The van der Waals surface area contributed by atoms with E-state index < -0.39 is 22.0 Å². The first-order chi connectivity index (χ1) is 13.5. The van der Waals surface area contributed by atoms with Gasteiger partial charge in [-0.3, -0.25) is 4.28 Å². The number of halogens is 3. The highest BCUT2D eigenvalue weighted by atomic mass is 32.2. The minimum absolute atomic E-state index is 0.197. The zero-order chi connectivity index (χ0) is 21.4. The first-order valence-corrected chi connectivity index (χ1v) is 10.1. The Kier molecular flexibility index (Phi) is 5.40. The number of aryl methyl sites for hydroxylation is 3. The Hall–Kier alpha value is -2.87. The summed E-state index contributed by atoms with van der Waals surface area (Å²) >= 11 is 0. The van der Waals surface area contributed by atoms with Crippen molar-refractivity contribution in [3.8, 4) is 0 Å². The van der Waals surface area contributed by atoms with Gasteiger partial charge in [-0.15, -0.1) is 0 Å². The maximum atomic E-state index is 13.6. The molecule has 0 amide bonds. The average Bonchev–Trinajstić information content (AvgIpc) is 2.62. The number of benzene rings is 3. The average molecular weight is 421 g/mol. The topological polar surface area (TPSA) is 55.7 Å². The molecule has 0 saturated carbocycles. The maximum absolute atomic E-state index is 13.6. The Labute approximate surface area is 166 Å². The third-order valence-corrected chi connectivity index (χ3v) is 5.52. The van der Waals surface area contributed by atoms with E-state index in [-0.39, 0.29) is 10.5 Å². The number of alkyl halides is 3. The summed E-state index contributed by atoms with van der Waals surface area (Å²) in [4.78, 5) is -0.279. The summed E-state index contributed by atoms with van der Waals surface area (Å²) in [6.07, 6.45) is -4.90. The second-order valence-electron chi connectivity index (χ2n) is 6.75. The molecule has 0 aliphatic rings. The quantitative estimate of drug-likeness (QED) is 0.417. The minimum atomic E-state index is -4.90. The first kappa shape index (κ1) is 20.9. The van der Waals surface area contributed by atoms with Crippen molar-refractivity contribution in [2.75, 3.05) is 0 Å². The molecule has 3 aromatic rings. The van der Waals surface area contributed by atoms with E-state index in [0.29, 0.717) is 16.5 Å². The predicted molar refractivity (Wildman–Crippen MR) is 105 cm³/mol. The molecule has 0 atom stereocenters. The van der Waals surface area contributed by atoms with Crippen molar-refractivity contribution in [2.24, 2.45) is 5.16 Å². The molecule has 0 unspecified atom stereocenters. The van der Waals surface area contributed by atoms with Crippen LogP contribution in [-0.4, -0.2) is 20.3 Å². The van der Waals surface area contributed by atoms with Crippen molar-refractivity contribution in [1.29, 1.82) is 0 Å². The highest BCUT2D eigenvalue weighted by Gasteiger charge is 2.40. The third-order valence-electron chi connectivity index (χ3n) is 4.42. The van der Waals surface area contributed by atoms with Crippen LogP contribution < -0.4 is 0 Å². The smallest absolute Gasteiger partial charge is 0.264 e. The summed E-state index contributed by atoms with van der Waals surface area (Å²) in [7, 11) is -4.54. The molecule has 152 valence electrons. The largest absolute Gasteiger partial charge is 0.437 e. The molecular formula is C21H18F3NO3S. The molecule has 4 nitrogen and oxygen atoms in total. The van der Waals surface area contributed by atoms with Gasteiger partial charge in [0.15, 0.2) is 5.71 Å². The van der Waals surface area contributed by atoms with Crippen LogP contribution >= 0.6 is 0 Å². The van der Waals surface area contributed by atoms with E-state index in [1.54, 1.807) is 49.4 Å². The van der Waals surface area contributed by atoms with Gasteiger partial charge in [-0.05, 0) is 54.8 Å². The number of hydrogen-bond acceptors (Lipinski definition) is 4. The molecule has 0 N–H and O–H groups in total. The lowest BCUT2D eigenvalue weighted by molar-refractivity contribution is -0.0597. The Bertz CT molecular complexity index is 1190. The van der Waals surface area contributed by atoms with E-state index >= 15 is 0 Å². The summed E-state index contributed by atoms with van der Waals surface area (Å²) in [5.41, 5.74) is -0.154. The molecule has 0 aliphatic heterocycles. The van der Waals surface area contributed by atoms with E-state index in [0.717, 1.165) is 10.9 Å². The van der Waals surface area contributed by atoms with Gasteiger partial charge in [-0.1, -0.05) is 53.2 Å². The molecule has 0 bridgehead atoms. The zero-order valence-electron chi connectivity index (χ0n) is 15.9. The summed E-state index contributed by atoms with van der Waals surface area (Å²) in [5, 5.41) is 4.45. The van der Waals surface area contributed by atoms with E-state index in [4.69, 9.17) is 0 Å². The normalized spacial score (nSPS) is 13.0. The second-order valence-corrected chi connectivity index (χ2v) is 8.28. The fourth-order valence-corrected chi connectivity index (χ4v) is 4.01. The Balaban J connectivity index is 2.05. The Morgan fingerprint density at radius 1 is 0.897 bits per heavy atom. The molecule has 0 spiro atoms.